The summed E-state index contributed by atoms with van der Waals surface area (Å²) in [5.41, 5.74) is 1.50. The summed E-state index contributed by atoms with van der Waals surface area (Å²) in [7, 11) is 0. The molecule has 1 aliphatic heterocycles. The van der Waals surface area contributed by atoms with Crippen LogP contribution in [0.1, 0.15) is 29.6 Å². The fourth-order valence-electron chi connectivity index (χ4n) is 2.19. The third-order valence-corrected chi connectivity index (χ3v) is 3.18. The SMILES string of the molecule is NNC(=O)CCCCN1C(=O)C(=O)c2cc(F)cc(F)c21. The van der Waals surface area contributed by atoms with E-state index < -0.39 is 23.3 Å². The molecule has 0 saturated carbocycles. The molecule has 112 valence electrons. The Labute approximate surface area is 118 Å². The first kappa shape index (κ1) is 15.0. The standard InChI is InChI=1S/C13H13F2N3O3/c14-7-5-8-11(9(15)6-7)18(13(21)12(8)20)4-2-1-3-10(19)17-16/h5-6H,1-4,16H2,(H,17,19). The first-order valence-electron chi connectivity index (χ1n) is 6.30. The van der Waals surface area contributed by atoms with Gasteiger partial charge in [-0.25, -0.2) is 14.6 Å². The van der Waals surface area contributed by atoms with Gasteiger partial charge in [0.25, 0.3) is 11.7 Å². The number of hydrazine groups is 1. The molecule has 0 radical (unpaired) electrons. The molecule has 21 heavy (non-hydrogen) atoms. The minimum Gasteiger partial charge on any atom is -0.302 e. The molecule has 0 spiro atoms. The van der Waals surface area contributed by atoms with Crippen molar-refractivity contribution in [1.29, 1.82) is 0 Å². The third-order valence-electron chi connectivity index (χ3n) is 3.18. The number of carbonyl (C=O) groups excluding carboxylic acids is 3. The molecule has 0 saturated heterocycles. The van der Waals surface area contributed by atoms with Crippen LogP contribution >= 0.6 is 0 Å². The van der Waals surface area contributed by atoms with Gasteiger partial charge in [-0.15, -0.1) is 0 Å². The minimum absolute atomic E-state index is 0.0674. The van der Waals surface area contributed by atoms with Crippen LogP contribution in [0.5, 0.6) is 0 Å². The number of carbonyl (C=O) groups is 3. The van der Waals surface area contributed by atoms with E-state index in [4.69, 9.17) is 5.84 Å². The molecule has 1 aliphatic rings. The molecule has 0 fully saturated rings. The monoisotopic (exact) mass is 297 g/mol. The molecule has 2 rings (SSSR count). The van der Waals surface area contributed by atoms with Gasteiger partial charge < -0.3 is 4.90 Å². The molecule has 2 amide bonds. The zero-order valence-corrected chi connectivity index (χ0v) is 11.0. The van der Waals surface area contributed by atoms with Crippen molar-refractivity contribution in [3.8, 4) is 0 Å². The molecule has 0 bridgehead atoms. The maximum Gasteiger partial charge on any atom is 0.299 e. The Balaban J connectivity index is 2.10. The van der Waals surface area contributed by atoms with Crippen molar-refractivity contribution >= 4 is 23.3 Å². The number of nitrogens with two attached hydrogens (primary N) is 1. The van der Waals surface area contributed by atoms with E-state index in [0.29, 0.717) is 18.9 Å². The molecule has 3 N–H and O–H groups in total. The summed E-state index contributed by atoms with van der Waals surface area (Å²) in [4.78, 5) is 35.4. The second-order valence-electron chi connectivity index (χ2n) is 4.59. The highest BCUT2D eigenvalue weighted by molar-refractivity contribution is 6.52. The smallest absolute Gasteiger partial charge is 0.299 e. The van der Waals surface area contributed by atoms with Gasteiger partial charge in [0.05, 0.1) is 11.3 Å². The van der Waals surface area contributed by atoms with Gasteiger partial charge in [-0.2, -0.15) is 0 Å². The number of benzene rings is 1. The van der Waals surface area contributed by atoms with Gasteiger partial charge in [-0.05, 0) is 18.9 Å². The summed E-state index contributed by atoms with van der Waals surface area (Å²) in [6, 6.07) is 1.47. The number of Topliss-reactive ketones (excluding diaryl/α,β-unsaturated/α-hetero) is 1. The van der Waals surface area contributed by atoms with E-state index in [2.05, 4.69) is 0 Å². The molecule has 0 aromatic heterocycles. The lowest BCUT2D eigenvalue weighted by molar-refractivity contribution is -0.121. The number of hydrogen-bond acceptors (Lipinski definition) is 4. The molecule has 1 aromatic rings. The number of nitrogens with zero attached hydrogens (tertiary/aromatic N) is 1. The Morgan fingerprint density at radius 1 is 1.24 bits per heavy atom. The summed E-state index contributed by atoms with van der Waals surface area (Å²) in [5.74, 6) is 0.884. The predicted molar refractivity (Wildman–Crippen MR) is 69.2 cm³/mol. The normalized spacial score (nSPS) is 13.6. The number of unbranched alkanes of at least 4 members (excludes halogenated alkanes) is 1. The Kier molecular flexibility index (Phi) is 4.27. The van der Waals surface area contributed by atoms with E-state index in [1.807, 2.05) is 5.43 Å². The molecule has 0 aliphatic carbocycles. The summed E-state index contributed by atoms with van der Waals surface area (Å²) in [6.07, 6.45) is 0.951. The van der Waals surface area contributed by atoms with Crippen molar-refractivity contribution in [1.82, 2.24) is 5.43 Å². The molecule has 8 heteroatoms. The van der Waals surface area contributed by atoms with Gasteiger partial charge in [0.2, 0.25) is 5.91 Å². The second-order valence-corrected chi connectivity index (χ2v) is 4.59. The highest BCUT2D eigenvalue weighted by Gasteiger charge is 2.38. The van der Waals surface area contributed by atoms with Gasteiger partial charge in [-0.3, -0.25) is 19.8 Å². The van der Waals surface area contributed by atoms with Gasteiger partial charge >= 0.3 is 0 Å². The zero-order valence-electron chi connectivity index (χ0n) is 11.0. The minimum atomic E-state index is -0.955. The quantitative estimate of drug-likeness (QED) is 0.274. The van der Waals surface area contributed by atoms with Gasteiger partial charge in [0.1, 0.15) is 5.82 Å². The fourth-order valence-corrected chi connectivity index (χ4v) is 2.19. The number of hydrogen-bond donors (Lipinski definition) is 2. The number of fused-ring (bicyclic) bond motifs is 1. The van der Waals surface area contributed by atoms with Gasteiger partial charge in [0, 0.05) is 19.0 Å². The molecular weight excluding hydrogens is 284 g/mol. The van der Waals surface area contributed by atoms with Crippen LogP contribution in [0, 0.1) is 11.6 Å². The summed E-state index contributed by atoms with van der Waals surface area (Å²) < 4.78 is 26.9. The maximum absolute atomic E-state index is 13.8. The van der Waals surface area contributed by atoms with E-state index in [1.165, 1.54) is 0 Å². The first-order valence-corrected chi connectivity index (χ1v) is 6.30. The average molecular weight is 297 g/mol. The number of amides is 2. The lowest BCUT2D eigenvalue weighted by atomic mass is 10.1. The molecule has 6 nitrogen and oxygen atoms in total. The van der Waals surface area contributed by atoms with Crippen LogP contribution in [0.4, 0.5) is 14.5 Å². The van der Waals surface area contributed by atoms with E-state index in [9.17, 15) is 23.2 Å². The summed E-state index contributed by atoms with van der Waals surface area (Å²) >= 11 is 0. The number of rotatable bonds is 5. The van der Waals surface area contributed by atoms with Crippen molar-refractivity contribution in [3.63, 3.8) is 0 Å². The van der Waals surface area contributed by atoms with Crippen molar-refractivity contribution in [2.24, 2.45) is 5.84 Å². The van der Waals surface area contributed by atoms with Crippen LogP contribution in [0.3, 0.4) is 0 Å². The number of ketones is 1. The summed E-state index contributed by atoms with van der Waals surface area (Å²) in [5, 5.41) is 0. The van der Waals surface area contributed by atoms with Crippen LogP contribution in [0.2, 0.25) is 0 Å². The molecule has 1 aromatic carbocycles. The maximum atomic E-state index is 13.8. The van der Waals surface area contributed by atoms with Crippen molar-refractivity contribution in [2.75, 3.05) is 11.4 Å². The second kappa shape index (κ2) is 5.96. The van der Waals surface area contributed by atoms with Crippen LogP contribution < -0.4 is 16.2 Å². The fraction of sp³-hybridized carbons (Fsp3) is 0.308. The van der Waals surface area contributed by atoms with Gasteiger partial charge in [-0.1, -0.05) is 0 Å². The average Bonchev–Trinajstić information content (AvgIpc) is 2.68. The van der Waals surface area contributed by atoms with Gasteiger partial charge in [0.15, 0.2) is 5.82 Å². The summed E-state index contributed by atoms with van der Waals surface area (Å²) in [6.45, 7) is 0.0674. The van der Waals surface area contributed by atoms with Crippen molar-refractivity contribution < 1.29 is 23.2 Å². The van der Waals surface area contributed by atoms with E-state index in [0.717, 1.165) is 11.0 Å². The molecule has 1 heterocycles. The van der Waals surface area contributed by atoms with Crippen molar-refractivity contribution in [2.45, 2.75) is 19.3 Å². The number of anilines is 1. The van der Waals surface area contributed by atoms with Crippen LogP contribution in [0.15, 0.2) is 12.1 Å². The zero-order chi connectivity index (χ0) is 15.6. The number of nitrogens with one attached hydrogen (secondary N) is 1. The van der Waals surface area contributed by atoms with Crippen LogP contribution in [-0.4, -0.2) is 24.1 Å². The van der Waals surface area contributed by atoms with E-state index >= 15 is 0 Å². The molecule has 0 unspecified atom stereocenters. The Bertz CT molecular complexity index is 619. The lowest BCUT2D eigenvalue weighted by Gasteiger charge is -2.16. The topological polar surface area (TPSA) is 92.5 Å². The third kappa shape index (κ3) is 2.89. The largest absolute Gasteiger partial charge is 0.302 e. The highest BCUT2D eigenvalue weighted by atomic mass is 19.1. The Morgan fingerprint density at radius 3 is 2.62 bits per heavy atom. The molecular formula is C13H13F2N3O3. The lowest BCUT2D eigenvalue weighted by Crippen LogP contribution is -2.32. The van der Waals surface area contributed by atoms with E-state index in [1.54, 1.807) is 0 Å². The predicted octanol–water partition coefficient (Wildman–Crippen LogP) is 0.654. The molecule has 0 atom stereocenters. The Hall–Kier alpha value is -2.35. The number of halogens is 2. The first-order chi connectivity index (χ1) is 9.95. The highest BCUT2D eigenvalue weighted by Crippen LogP contribution is 2.32. The van der Waals surface area contributed by atoms with Crippen LogP contribution in [0.25, 0.3) is 0 Å². The van der Waals surface area contributed by atoms with Crippen molar-refractivity contribution in [3.05, 3.63) is 29.3 Å². The van der Waals surface area contributed by atoms with E-state index in [-0.39, 0.29) is 30.1 Å². The Morgan fingerprint density at radius 2 is 1.95 bits per heavy atom. The van der Waals surface area contributed by atoms with Crippen LogP contribution in [-0.2, 0) is 9.59 Å².